The molecule has 6 heteroatoms. The van der Waals surface area contributed by atoms with Crippen LogP contribution in [0.1, 0.15) is 5.76 Å². The van der Waals surface area contributed by atoms with Crippen molar-refractivity contribution in [3.63, 3.8) is 0 Å². The van der Waals surface area contributed by atoms with Crippen molar-refractivity contribution in [2.75, 3.05) is 7.11 Å². The molecule has 0 aliphatic carbocycles. The first kappa shape index (κ1) is 15.2. The number of hydrogen-bond donors (Lipinski definition) is 1. The number of carbonyl (C=O) groups is 1. The molecule has 0 fully saturated rings. The maximum absolute atomic E-state index is 12.0. The quantitative estimate of drug-likeness (QED) is 0.860. The largest absolute Gasteiger partial charge is 0.506 e. The van der Waals surface area contributed by atoms with Crippen molar-refractivity contribution < 1.29 is 19.1 Å². The highest BCUT2D eigenvalue weighted by Gasteiger charge is 2.33. The Kier molecular flexibility index (Phi) is 4.34. The standard InChI is InChI=1S/C17H13NO4S/c1-21-17(20)14-15(19)13(10-12-8-5-9-22-12)23-16(14)18-11-6-3-2-4-7-11/h2-10,19H,1H3/b13-10+,18-16?. The maximum atomic E-state index is 12.0. The third-order valence-electron chi connectivity index (χ3n) is 3.08. The molecule has 1 aromatic heterocycles. The SMILES string of the molecule is COC(=O)C1=C(O)/C(=C\c2ccco2)SC1=Nc1ccccc1. The lowest BCUT2D eigenvalue weighted by molar-refractivity contribution is -0.135. The lowest BCUT2D eigenvalue weighted by atomic mass is 10.2. The van der Waals surface area contributed by atoms with Gasteiger partial charge in [0.05, 0.1) is 24.0 Å². The number of nitrogens with zero attached hydrogens (tertiary/aromatic N) is 1. The number of esters is 1. The molecule has 0 saturated heterocycles. The number of aliphatic hydroxyl groups is 1. The summed E-state index contributed by atoms with van der Waals surface area (Å²) in [7, 11) is 1.27. The minimum absolute atomic E-state index is 0.0548. The predicted molar refractivity (Wildman–Crippen MR) is 89.5 cm³/mol. The normalized spacial score (nSPS) is 18.0. The number of para-hydroxylation sites is 1. The van der Waals surface area contributed by atoms with Gasteiger partial charge in [0, 0.05) is 0 Å². The van der Waals surface area contributed by atoms with E-state index >= 15 is 0 Å². The van der Waals surface area contributed by atoms with Crippen LogP contribution in [-0.4, -0.2) is 23.2 Å². The third-order valence-corrected chi connectivity index (χ3v) is 4.10. The molecule has 5 nitrogen and oxygen atoms in total. The number of methoxy groups -OCH3 is 1. The lowest BCUT2D eigenvalue weighted by Crippen LogP contribution is -2.10. The van der Waals surface area contributed by atoms with Gasteiger partial charge in [-0.1, -0.05) is 30.0 Å². The van der Waals surface area contributed by atoms with Crippen LogP contribution in [0.5, 0.6) is 0 Å². The van der Waals surface area contributed by atoms with Crippen LogP contribution < -0.4 is 0 Å². The molecule has 0 radical (unpaired) electrons. The summed E-state index contributed by atoms with van der Waals surface area (Å²) in [4.78, 5) is 16.9. The molecular formula is C17H13NO4S. The van der Waals surface area contributed by atoms with Crippen LogP contribution in [0.15, 0.2) is 74.4 Å². The summed E-state index contributed by atoms with van der Waals surface area (Å²) in [6, 6.07) is 12.7. The van der Waals surface area contributed by atoms with E-state index in [1.54, 1.807) is 18.2 Å². The third kappa shape index (κ3) is 3.22. The minimum atomic E-state index is -0.632. The Morgan fingerprint density at radius 2 is 2.04 bits per heavy atom. The Morgan fingerprint density at radius 3 is 2.70 bits per heavy atom. The fourth-order valence-electron chi connectivity index (χ4n) is 2.01. The van der Waals surface area contributed by atoms with Gasteiger partial charge in [-0.05, 0) is 30.3 Å². The van der Waals surface area contributed by atoms with Crippen molar-refractivity contribution in [1.29, 1.82) is 0 Å². The van der Waals surface area contributed by atoms with E-state index in [-0.39, 0.29) is 11.3 Å². The summed E-state index contributed by atoms with van der Waals surface area (Å²) < 4.78 is 9.99. The number of aliphatic hydroxyl groups excluding tert-OH is 1. The zero-order valence-corrected chi connectivity index (χ0v) is 13.0. The molecule has 0 saturated carbocycles. The molecule has 23 heavy (non-hydrogen) atoms. The predicted octanol–water partition coefficient (Wildman–Crippen LogP) is 4.08. The van der Waals surface area contributed by atoms with Crippen LogP contribution in [0.4, 0.5) is 5.69 Å². The Bertz CT molecular complexity index is 804. The number of ether oxygens (including phenoxy) is 1. The zero-order chi connectivity index (χ0) is 16.2. The molecule has 2 aromatic rings. The van der Waals surface area contributed by atoms with E-state index in [0.717, 1.165) is 0 Å². The fraction of sp³-hybridized carbons (Fsp3) is 0.0588. The molecule has 1 aliphatic heterocycles. The molecule has 0 spiro atoms. The van der Waals surface area contributed by atoms with Gasteiger partial charge >= 0.3 is 5.97 Å². The topological polar surface area (TPSA) is 72.0 Å². The summed E-state index contributed by atoms with van der Waals surface area (Å²) >= 11 is 1.19. The van der Waals surface area contributed by atoms with Crippen molar-refractivity contribution in [3.05, 3.63) is 70.7 Å². The van der Waals surface area contributed by atoms with Crippen molar-refractivity contribution in [1.82, 2.24) is 0 Å². The average molecular weight is 327 g/mol. The van der Waals surface area contributed by atoms with E-state index in [1.807, 2.05) is 30.3 Å². The van der Waals surface area contributed by atoms with Crippen LogP contribution in [0.3, 0.4) is 0 Å². The lowest BCUT2D eigenvalue weighted by Gasteiger charge is -2.01. The maximum Gasteiger partial charge on any atom is 0.344 e. The first-order valence-electron chi connectivity index (χ1n) is 6.78. The van der Waals surface area contributed by atoms with Gasteiger partial charge < -0.3 is 14.3 Å². The number of benzene rings is 1. The van der Waals surface area contributed by atoms with Crippen molar-refractivity contribution >= 4 is 34.5 Å². The van der Waals surface area contributed by atoms with Crippen molar-refractivity contribution in [2.24, 2.45) is 4.99 Å². The van der Waals surface area contributed by atoms with E-state index in [2.05, 4.69) is 4.99 Å². The molecule has 1 N–H and O–H groups in total. The number of thioether (sulfide) groups is 1. The van der Waals surface area contributed by atoms with E-state index in [0.29, 0.717) is 21.4 Å². The Balaban J connectivity index is 2.04. The average Bonchev–Trinajstić information content (AvgIpc) is 3.17. The van der Waals surface area contributed by atoms with E-state index in [9.17, 15) is 9.90 Å². The first-order chi connectivity index (χ1) is 11.2. The molecule has 0 atom stereocenters. The smallest absolute Gasteiger partial charge is 0.344 e. The van der Waals surface area contributed by atoms with Crippen LogP contribution in [0, 0.1) is 0 Å². The van der Waals surface area contributed by atoms with Crippen LogP contribution in [0.25, 0.3) is 6.08 Å². The Hall–Kier alpha value is -2.73. The molecular weight excluding hydrogens is 314 g/mol. The highest BCUT2D eigenvalue weighted by atomic mass is 32.2. The summed E-state index contributed by atoms with van der Waals surface area (Å²) in [5, 5.41) is 10.8. The number of hydrogen-bond acceptors (Lipinski definition) is 6. The van der Waals surface area contributed by atoms with Crippen molar-refractivity contribution in [2.45, 2.75) is 0 Å². The molecule has 1 aromatic carbocycles. The molecule has 0 unspecified atom stereocenters. The summed E-state index contributed by atoms with van der Waals surface area (Å²) in [6.45, 7) is 0. The van der Waals surface area contributed by atoms with Crippen LogP contribution >= 0.6 is 11.8 Å². The number of carbonyl (C=O) groups excluding carboxylic acids is 1. The second-order valence-corrected chi connectivity index (χ2v) is 5.62. The molecule has 3 rings (SSSR count). The summed E-state index contributed by atoms with van der Waals surface area (Å²) in [5.74, 6) is -0.218. The zero-order valence-electron chi connectivity index (χ0n) is 12.2. The number of aliphatic imine (C=N–C) groups is 1. The van der Waals surface area contributed by atoms with Gasteiger partial charge in [0.15, 0.2) is 0 Å². The van der Waals surface area contributed by atoms with Gasteiger partial charge in [-0.25, -0.2) is 9.79 Å². The Morgan fingerprint density at radius 1 is 1.26 bits per heavy atom. The second kappa shape index (κ2) is 6.58. The summed E-state index contributed by atoms with van der Waals surface area (Å²) in [6.07, 6.45) is 3.18. The van der Waals surface area contributed by atoms with Crippen LogP contribution in [-0.2, 0) is 9.53 Å². The van der Waals surface area contributed by atoms with Gasteiger partial charge in [0.25, 0.3) is 0 Å². The second-order valence-electron chi connectivity index (χ2n) is 4.59. The fourth-order valence-corrected chi connectivity index (χ4v) is 3.03. The summed E-state index contributed by atoms with van der Waals surface area (Å²) in [5.41, 5.74) is 0.739. The van der Waals surface area contributed by atoms with E-state index in [4.69, 9.17) is 9.15 Å². The highest BCUT2D eigenvalue weighted by Crippen LogP contribution is 2.40. The van der Waals surface area contributed by atoms with Gasteiger partial charge in [-0.15, -0.1) is 0 Å². The molecule has 0 bridgehead atoms. The minimum Gasteiger partial charge on any atom is -0.506 e. The van der Waals surface area contributed by atoms with E-state index in [1.165, 1.54) is 25.1 Å². The first-order valence-corrected chi connectivity index (χ1v) is 7.60. The number of rotatable bonds is 3. The van der Waals surface area contributed by atoms with Gasteiger partial charge in [0.1, 0.15) is 22.1 Å². The van der Waals surface area contributed by atoms with Crippen LogP contribution in [0.2, 0.25) is 0 Å². The number of furan rings is 1. The monoisotopic (exact) mass is 327 g/mol. The molecule has 1 aliphatic rings. The van der Waals surface area contributed by atoms with Gasteiger partial charge in [0.2, 0.25) is 0 Å². The molecule has 116 valence electrons. The molecule has 0 amide bonds. The van der Waals surface area contributed by atoms with Crippen molar-refractivity contribution in [3.8, 4) is 0 Å². The molecule has 2 heterocycles. The highest BCUT2D eigenvalue weighted by molar-refractivity contribution is 8.18. The van der Waals surface area contributed by atoms with Gasteiger partial charge in [-0.3, -0.25) is 0 Å². The van der Waals surface area contributed by atoms with Gasteiger partial charge in [-0.2, -0.15) is 0 Å². The Labute approximate surface area is 137 Å². The van der Waals surface area contributed by atoms with E-state index < -0.39 is 5.97 Å².